The predicted octanol–water partition coefficient (Wildman–Crippen LogP) is 4.08. The number of fused-ring (bicyclic) bond motifs is 5. The zero-order valence-corrected chi connectivity index (χ0v) is 15.7. The number of carbonyl (C=O) groups is 1. The molecule has 5 aliphatic carbocycles. The lowest BCUT2D eigenvalue weighted by Crippen LogP contribution is -2.58. The van der Waals surface area contributed by atoms with E-state index in [-0.39, 0.29) is 28.5 Å². The molecule has 6 aliphatic rings. The van der Waals surface area contributed by atoms with Crippen LogP contribution in [0.25, 0.3) is 0 Å². The van der Waals surface area contributed by atoms with Gasteiger partial charge in [-0.25, -0.2) is 0 Å². The van der Waals surface area contributed by atoms with E-state index in [1.54, 1.807) is 0 Å². The number of ether oxygens (including phenoxy) is 1. The van der Waals surface area contributed by atoms with Crippen LogP contribution in [0.3, 0.4) is 0 Å². The summed E-state index contributed by atoms with van der Waals surface area (Å²) in [4.78, 5) is 11.9. The SMILES string of the molecule is CC12CCC3C(CC(O)C45CC4CCC35C)C1CCC21CCC(=O)O1. The minimum absolute atomic E-state index is 0.0233. The maximum atomic E-state index is 11.9. The maximum Gasteiger partial charge on any atom is 0.306 e. The van der Waals surface area contributed by atoms with Crippen molar-refractivity contribution in [2.75, 3.05) is 0 Å². The van der Waals surface area contributed by atoms with Crippen molar-refractivity contribution in [2.45, 2.75) is 89.8 Å². The fourth-order valence-corrected chi connectivity index (χ4v) is 9.60. The van der Waals surface area contributed by atoms with Crippen LogP contribution in [-0.2, 0) is 9.53 Å². The molecule has 2 spiro atoms. The maximum absolute atomic E-state index is 11.9. The van der Waals surface area contributed by atoms with Crippen LogP contribution in [0.5, 0.6) is 0 Å². The van der Waals surface area contributed by atoms with Gasteiger partial charge in [-0.15, -0.1) is 0 Å². The van der Waals surface area contributed by atoms with Gasteiger partial charge < -0.3 is 9.84 Å². The Kier molecular flexibility index (Phi) is 2.66. The van der Waals surface area contributed by atoms with Crippen molar-refractivity contribution in [1.29, 1.82) is 0 Å². The minimum atomic E-state index is -0.182. The summed E-state index contributed by atoms with van der Waals surface area (Å²) in [5.74, 6) is 2.90. The molecule has 0 radical (unpaired) electrons. The van der Waals surface area contributed by atoms with Crippen LogP contribution in [-0.4, -0.2) is 22.8 Å². The second-order valence-electron chi connectivity index (χ2n) is 11.0. The van der Waals surface area contributed by atoms with E-state index >= 15 is 0 Å². The number of aliphatic hydroxyl groups is 1. The van der Waals surface area contributed by atoms with E-state index in [1.807, 2.05) is 0 Å². The predicted molar refractivity (Wildman–Crippen MR) is 93.6 cm³/mol. The number of hydrogen-bond donors (Lipinski definition) is 1. The fraction of sp³-hybridized carbons (Fsp3) is 0.955. The Morgan fingerprint density at radius 2 is 1.72 bits per heavy atom. The average molecular weight is 344 g/mol. The fourth-order valence-electron chi connectivity index (χ4n) is 9.60. The van der Waals surface area contributed by atoms with Crippen molar-refractivity contribution < 1.29 is 14.6 Å². The van der Waals surface area contributed by atoms with Gasteiger partial charge in [-0.1, -0.05) is 13.8 Å². The van der Waals surface area contributed by atoms with Crippen molar-refractivity contribution in [3.05, 3.63) is 0 Å². The van der Waals surface area contributed by atoms with Gasteiger partial charge in [0.25, 0.3) is 0 Å². The Balaban J connectivity index is 1.39. The van der Waals surface area contributed by atoms with Crippen LogP contribution in [0.15, 0.2) is 0 Å². The van der Waals surface area contributed by atoms with Crippen LogP contribution < -0.4 is 0 Å². The molecule has 5 saturated carbocycles. The summed E-state index contributed by atoms with van der Waals surface area (Å²) in [6.45, 7) is 4.95. The number of esters is 1. The van der Waals surface area contributed by atoms with Gasteiger partial charge in [0, 0.05) is 17.3 Å². The van der Waals surface area contributed by atoms with Gasteiger partial charge in [0.1, 0.15) is 5.60 Å². The highest BCUT2D eigenvalue weighted by Crippen LogP contribution is 2.82. The molecule has 1 N–H and O–H groups in total. The highest BCUT2D eigenvalue weighted by Gasteiger charge is 2.78. The standard InChI is InChI=1S/C22H32O3/c1-19-8-4-16-14(15(19)5-9-21(19)10-6-18(24)25-21)11-17(23)22-12-13(22)3-7-20(16,22)2/h13-17,23H,3-12H2,1-2H3. The zero-order valence-electron chi connectivity index (χ0n) is 15.7. The summed E-state index contributed by atoms with van der Waals surface area (Å²) in [6, 6.07) is 0. The van der Waals surface area contributed by atoms with Crippen LogP contribution in [0.4, 0.5) is 0 Å². The monoisotopic (exact) mass is 344 g/mol. The van der Waals surface area contributed by atoms with Gasteiger partial charge in [-0.2, -0.15) is 0 Å². The lowest BCUT2D eigenvalue weighted by atomic mass is 9.45. The van der Waals surface area contributed by atoms with Gasteiger partial charge in [0.05, 0.1) is 6.10 Å². The van der Waals surface area contributed by atoms with E-state index in [4.69, 9.17) is 4.74 Å². The molecule has 6 fully saturated rings. The molecule has 3 heteroatoms. The molecule has 25 heavy (non-hydrogen) atoms. The van der Waals surface area contributed by atoms with Gasteiger partial charge in [-0.3, -0.25) is 4.79 Å². The molecule has 0 amide bonds. The van der Waals surface area contributed by atoms with Crippen LogP contribution in [0.1, 0.15) is 78.1 Å². The third-order valence-electron chi connectivity index (χ3n) is 10.9. The normalized spacial score (nSPS) is 64.4. The Morgan fingerprint density at radius 3 is 2.44 bits per heavy atom. The molecule has 0 aromatic rings. The quantitative estimate of drug-likeness (QED) is 0.674. The first-order valence-corrected chi connectivity index (χ1v) is 10.8. The number of aliphatic hydroxyl groups excluding tert-OH is 1. The summed E-state index contributed by atoms with van der Waals surface area (Å²) < 4.78 is 6.03. The Labute approximate surface area is 150 Å². The summed E-state index contributed by atoms with van der Waals surface area (Å²) in [5, 5.41) is 11.2. The number of carbonyl (C=O) groups excluding carboxylic acids is 1. The zero-order chi connectivity index (χ0) is 17.2. The molecule has 0 bridgehead atoms. The van der Waals surface area contributed by atoms with E-state index in [1.165, 1.54) is 38.5 Å². The Bertz CT molecular complexity index is 660. The molecular weight excluding hydrogens is 312 g/mol. The van der Waals surface area contributed by atoms with Crippen molar-refractivity contribution in [3.8, 4) is 0 Å². The van der Waals surface area contributed by atoms with Crippen LogP contribution in [0.2, 0.25) is 0 Å². The third-order valence-corrected chi connectivity index (χ3v) is 10.9. The van der Waals surface area contributed by atoms with E-state index in [0.717, 1.165) is 31.1 Å². The second kappa shape index (κ2) is 4.29. The first kappa shape index (κ1) is 15.5. The van der Waals surface area contributed by atoms with Crippen LogP contribution >= 0.6 is 0 Å². The first-order valence-electron chi connectivity index (χ1n) is 10.8. The molecule has 1 saturated heterocycles. The summed E-state index contributed by atoms with van der Waals surface area (Å²) in [7, 11) is 0. The van der Waals surface area contributed by atoms with Gasteiger partial charge >= 0.3 is 5.97 Å². The molecule has 9 atom stereocenters. The van der Waals surface area contributed by atoms with Gasteiger partial charge in [-0.05, 0) is 86.9 Å². The molecule has 6 rings (SSSR count). The third kappa shape index (κ3) is 1.47. The highest BCUT2D eigenvalue weighted by atomic mass is 16.6. The summed E-state index contributed by atoms with van der Waals surface area (Å²) in [5.41, 5.74) is 0.600. The largest absolute Gasteiger partial charge is 0.458 e. The van der Waals surface area contributed by atoms with Crippen molar-refractivity contribution in [1.82, 2.24) is 0 Å². The molecule has 9 unspecified atom stereocenters. The van der Waals surface area contributed by atoms with Crippen molar-refractivity contribution in [2.24, 2.45) is 39.9 Å². The molecule has 138 valence electrons. The topological polar surface area (TPSA) is 46.5 Å². The molecule has 1 aliphatic heterocycles. The molecule has 1 heterocycles. The lowest BCUT2D eigenvalue weighted by Gasteiger charge is -2.61. The first-order chi connectivity index (χ1) is 11.9. The van der Waals surface area contributed by atoms with Crippen molar-refractivity contribution in [3.63, 3.8) is 0 Å². The minimum Gasteiger partial charge on any atom is -0.458 e. The van der Waals surface area contributed by atoms with Crippen LogP contribution in [0, 0.1) is 39.9 Å². The second-order valence-corrected chi connectivity index (χ2v) is 11.0. The van der Waals surface area contributed by atoms with E-state index in [0.29, 0.717) is 23.7 Å². The average Bonchev–Trinajstić information content (AvgIpc) is 2.92. The molecule has 0 aromatic heterocycles. The summed E-state index contributed by atoms with van der Waals surface area (Å²) in [6.07, 6.45) is 11.2. The highest BCUT2D eigenvalue weighted by molar-refractivity contribution is 5.72. The van der Waals surface area contributed by atoms with Gasteiger partial charge in [0.15, 0.2) is 0 Å². The number of rotatable bonds is 0. The van der Waals surface area contributed by atoms with E-state index in [2.05, 4.69) is 13.8 Å². The lowest BCUT2D eigenvalue weighted by molar-refractivity contribution is -0.184. The Morgan fingerprint density at radius 1 is 1.00 bits per heavy atom. The van der Waals surface area contributed by atoms with Gasteiger partial charge in [0.2, 0.25) is 0 Å². The van der Waals surface area contributed by atoms with E-state index < -0.39 is 0 Å². The van der Waals surface area contributed by atoms with E-state index in [9.17, 15) is 9.90 Å². The van der Waals surface area contributed by atoms with Crippen molar-refractivity contribution >= 4 is 5.97 Å². The summed E-state index contributed by atoms with van der Waals surface area (Å²) >= 11 is 0. The smallest absolute Gasteiger partial charge is 0.306 e. The molecule has 0 aromatic carbocycles. The molecule has 3 nitrogen and oxygen atoms in total. The molecular formula is C22H32O3. The Hall–Kier alpha value is -0.570. The number of hydrogen-bond acceptors (Lipinski definition) is 3.